The second-order valence-corrected chi connectivity index (χ2v) is 2.80. The maximum Gasteiger partial charge on any atom is 0.387 e. The van der Waals surface area contributed by atoms with Crippen LogP contribution in [0.3, 0.4) is 0 Å². The first-order chi connectivity index (χ1) is 7.06. The van der Waals surface area contributed by atoms with Crippen LogP contribution < -0.4 is 4.74 Å². The Bertz CT molecular complexity index is 373. The van der Waals surface area contributed by atoms with Crippen LogP contribution >= 0.6 is 11.6 Å². The van der Waals surface area contributed by atoms with E-state index < -0.39 is 23.0 Å². The summed E-state index contributed by atoms with van der Waals surface area (Å²) in [4.78, 5) is 9.71. The largest absolute Gasteiger partial charge is 0.427 e. The molecule has 1 rings (SSSR count). The molecule has 0 radical (unpaired) electrons. The van der Waals surface area contributed by atoms with Gasteiger partial charge in [0.2, 0.25) is 5.75 Å². The molecule has 0 saturated carbocycles. The normalized spacial score (nSPS) is 10.4. The van der Waals surface area contributed by atoms with Crippen molar-refractivity contribution in [1.29, 1.82) is 0 Å². The van der Waals surface area contributed by atoms with Gasteiger partial charge in [0, 0.05) is 11.6 Å². The molecule has 0 aliphatic carbocycles. The van der Waals surface area contributed by atoms with Crippen molar-refractivity contribution in [3.8, 4) is 5.75 Å². The number of hydrogen-bond acceptors (Lipinski definition) is 3. The minimum Gasteiger partial charge on any atom is -0.427 e. The summed E-state index contributed by atoms with van der Waals surface area (Å²) in [5, 5.41) is 10.5. The lowest BCUT2D eigenvalue weighted by Gasteiger charge is -2.08. The van der Waals surface area contributed by atoms with E-state index in [9.17, 15) is 18.9 Å². The first kappa shape index (κ1) is 11.6. The summed E-state index contributed by atoms with van der Waals surface area (Å²) in [6.45, 7) is -3.12. The lowest BCUT2D eigenvalue weighted by Crippen LogP contribution is -2.06. The lowest BCUT2D eigenvalue weighted by atomic mass is 10.2. The molecule has 0 amide bonds. The van der Waals surface area contributed by atoms with Crippen molar-refractivity contribution in [1.82, 2.24) is 0 Å². The standard InChI is InChI=1S/C8H6ClF2NO3/c9-4-5-2-1-3-6(12(13)14)7(5)15-8(10)11/h1-3,8H,4H2. The van der Waals surface area contributed by atoms with Crippen molar-refractivity contribution in [2.75, 3.05) is 0 Å². The van der Waals surface area contributed by atoms with Crippen molar-refractivity contribution in [3.63, 3.8) is 0 Å². The number of hydrogen-bond donors (Lipinski definition) is 0. The summed E-state index contributed by atoms with van der Waals surface area (Å²) in [6.07, 6.45) is 0. The fourth-order valence-electron chi connectivity index (χ4n) is 1.05. The molecule has 0 saturated heterocycles. The van der Waals surface area contributed by atoms with Gasteiger partial charge in [0.15, 0.2) is 0 Å². The summed E-state index contributed by atoms with van der Waals surface area (Å²) >= 11 is 5.44. The monoisotopic (exact) mass is 237 g/mol. The average Bonchev–Trinajstić information content (AvgIpc) is 2.16. The van der Waals surface area contributed by atoms with Crippen molar-refractivity contribution in [2.24, 2.45) is 0 Å². The Hall–Kier alpha value is -1.43. The minimum absolute atomic E-state index is 0.135. The van der Waals surface area contributed by atoms with Gasteiger partial charge in [-0.15, -0.1) is 11.6 Å². The molecule has 0 bridgehead atoms. The maximum absolute atomic E-state index is 12.0. The van der Waals surface area contributed by atoms with Gasteiger partial charge < -0.3 is 4.74 Å². The quantitative estimate of drug-likeness (QED) is 0.460. The number of halogens is 3. The Balaban J connectivity index is 3.20. The van der Waals surface area contributed by atoms with Crippen LogP contribution in [0.4, 0.5) is 14.5 Å². The first-order valence-corrected chi connectivity index (χ1v) is 4.36. The molecule has 0 aliphatic heterocycles. The number of nitro groups is 1. The van der Waals surface area contributed by atoms with E-state index in [2.05, 4.69) is 4.74 Å². The van der Waals surface area contributed by atoms with Crippen LogP contribution in [0.15, 0.2) is 18.2 Å². The fourth-order valence-corrected chi connectivity index (χ4v) is 1.26. The van der Waals surface area contributed by atoms with E-state index in [1.165, 1.54) is 12.1 Å². The Morgan fingerprint density at radius 1 is 1.53 bits per heavy atom. The van der Waals surface area contributed by atoms with E-state index in [0.29, 0.717) is 0 Å². The van der Waals surface area contributed by atoms with E-state index in [1.54, 1.807) is 0 Å². The predicted molar refractivity (Wildman–Crippen MR) is 49.3 cm³/mol. The van der Waals surface area contributed by atoms with Crippen molar-refractivity contribution in [2.45, 2.75) is 12.5 Å². The molecular weight excluding hydrogens is 232 g/mol. The number of ether oxygens (including phenoxy) is 1. The molecule has 4 nitrogen and oxygen atoms in total. The van der Waals surface area contributed by atoms with E-state index in [1.807, 2.05) is 0 Å². The molecule has 15 heavy (non-hydrogen) atoms. The van der Waals surface area contributed by atoms with Crippen LogP contribution in [0.1, 0.15) is 5.56 Å². The average molecular weight is 238 g/mol. The van der Waals surface area contributed by atoms with Crippen LogP contribution in [-0.4, -0.2) is 11.5 Å². The highest BCUT2D eigenvalue weighted by Crippen LogP contribution is 2.32. The third-order valence-electron chi connectivity index (χ3n) is 1.62. The number of rotatable bonds is 4. The highest BCUT2D eigenvalue weighted by atomic mass is 35.5. The highest BCUT2D eigenvalue weighted by Gasteiger charge is 2.21. The molecule has 0 aromatic heterocycles. The maximum atomic E-state index is 12.0. The Kier molecular flexibility index (Phi) is 3.79. The zero-order valence-corrected chi connectivity index (χ0v) is 8.08. The van der Waals surface area contributed by atoms with Gasteiger partial charge >= 0.3 is 12.3 Å². The SMILES string of the molecule is O=[N+]([O-])c1cccc(CCl)c1OC(F)F. The van der Waals surface area contributed by atoms with Crippen LogP contribution in [0.5, 0.6) is 5.75 Å². The third-order valence-corrected chi connectivity index (χ3v) is 1.91. The Morgan fingerprint density at radius 3 is 2.67 bits per heavy atom. The molecule has 0 heterocycles. The van der Waals surface area contributed by atoms with Gasteiger partial charge in [-0.3, -0.25) is 10.1 Å². The van der Waals surface area contributed by atoms with Crippen LogP contribution in [0, 0.1) is 10.1 Å². The second-order valence-electron chi connectivity index (χ2n) is 2.53. The number of para-hydroxylation sites is 1. The van der Waals surface area contributed by atoms with E-state index in [0.717, 1.165) is 6.07 Å². The van der Waals surface area contributed by atoms with Crippen LogP contribution in [0.2, 0.25) is 0 Å². The number of alkyl halides is 3. The number of nitro benzene ring substituents is 1. The summed E-state index contributed by atoms with van der Waals surface area (Å²) in [5.41, 5.74) is -0.361. The summed E-state index contributed by atoms with van der Waals surface area (Å²) in [7, 11) is 0. The molecule has 82 valence electrons. The van der Waals surface area contributed by atoms with Crippen molar-refractivity contribution >= 4 is 17.3 Å². The molecule has 0 unspecified atom stereocenters. The second kappa shape index (κ2) is 4.88. The van der Waals surface area contributed by atoms with E-state index in [4.69, 9.17) is 11.6 Å². The Morgan fingerprint density at radius 2 is 2.20 bits per heavy atom. The van der Waals surface area contributed by atoms with Crippen molar-refractivity contribution in [3.05, 3.63) is 33.9 Å². The summed E-state index contributed by atoms with van der Waals surface area (Å²) in [5.74, 6) is -0.614. The number of benzene rings is 1. The van der Waals surface area contributed by atoms with Gasteiger partial charge in [-0.25, -0.2) is 0 Å². The van der Waals surface area contributed by atoms with Gasteiger partial charge in [-0.1, -0.05) is 12.1 Å². The minimum atomic E-state index is -3.12. The Labute approximate surface area is 88.6 Å². The zero-order valence-electron chi connectivity index (χ0n) is 7.32. The third kappa shape index (κ3) is 2.76. The van der Waals surface area contributed by atoms with Gasteiger partial charge in [-0.05, 0) is 0 Å². The predicted octanol–water partition coefficient (Wildman–Crippen LogP) is 2.94. The summed E-state index contributed by atoms with van der Waals surface area (Å²) in [6, 6.07) is 3.82. The van der Waals surface area contributed by atoms with E-state index in [-0.39, 0.29) is 11.4 Å². The van der Waals surface area contributed by atoms with Gasteiger partial charge in [0.25, 0.3) is 0 Å². The molecule has 0 atom stereocenters. The summed E-state index contributed by atoms with van der Waals surface area (Å²) < 4.78 is 28.1. The smallest absolute Gasteiger partial charge is 0.387 e. The molecular formula is C8H6ClF2NO3. The van der Waals surface area contributed by atoms with Gasteiger partial charge in [0.1, 0.15) is 0 Å². The van der Waals surface area contributed by atoms with Crippen molar-refractivity contribution < 1.29 is 18.4 Å². The molecule has 7 heteroatoms. The topological polar surface area (TPSA) is 52.4 Å². The molecule has 0 N–H and O–H groups in total. The fraction of sp³-hybridized carbons (Fsp3) is 0.250. The molecule has 1 aromatic carbocycles. The van der Waals surface area contributed by atoms with Gasteiger partial charge in [-0.2, -0.15) is 8.78 Å². The van der Waals surface area contributed by atoms with E-state index >= 15 is 0 Å². The molecule has 0 fully saturated rings. The first-order valence-electron chi connectivity index (χ1n) is 3.83. The van der Waals surface area contributed by atoms with Crippen LogP contribution in [-0.2, 0) is 5.88 Å². The van der Waals surface area contributed by atoms with Crippen LogP contribution in [0.25, 0.3) is 0 Å². The van der Waals surface area contributed by atoms with Gasteiger partial charge in [0.05, 0.1) is 10.8 Å². The molecule has 1 aromatic rings. The lowest BCUT2D eigenvalue weighted by molar-refractivity contribution is -0.386. The number of nitrogens with zero attached hydrogens (tertiary/aromatic N) is 1. The highest BCUT2D eigenvalue weighted by molar-refractivity contribution is 6.17. The zero-order chi connectivity index (χ0) is 11.4. The molecule has 0 aliphatic rings. The molecule has 0 spiro atoms.